The highest BCUT2D eigenvalue weighted by atomic mass is 16.5. The lowest BCUT2D eigenvalue weighted by atomic mass is 9.91. The van der Waals surface area contributed by atoms with Crippen molar-refractivity contribution < 1.29 is 14.6 Å². The normalized spacial score (nSPS) is 12.8. The first-order chi connectivity index (χ1) is 8.79. The third-order valence-electron chi connectivity index (χ3n) is 2.84. The van der Waals surface area contributed by atoms with Crippen molar-refractivity contribution >= 4 is 11.9 Å². The van der Waals surface area contributed by atoms with Crippen LogP contribution in [0.15, 0.2) is 0 Å². The maximum absolute atomic E-state index is 11.7. The van der Waals surface area contributed by atoms with Crippen LogP contribution in [0.1, 0.15) is 27.2 Å². The minimum atomic E-state index is -0.742. The Labute approximate surface area is 114 Å². The first-order valence-electron chi connectivity index (χ1n) is 6.43. The number of rotatable bonds is 9. The summed E-state index contributed by atoms with van der Waals surface area (Å²) in [6.45, 7) is 6.91. The van der Waals surface area contributed by atoms with Crippen LogP contribution in [-0.4, -0.2) is 49.4 Å². The summed E-state index contributed by atoms with van der Waals surface area (Å²) in [4.78, 5) is 11.7. The number of guanidine groups is 1. The van der Waals surface area contributed by atoms with Gasteiger partial charge >= 0.3 is 5.97 Å². The van der Waals surface area contributed by atoms with Crippen LogP contribution in [0.4, 0.5) is 0 Å². The van der Waals surface area contributed by atoms with Gasteiger partial charge in [-0.1, -0.05) is 6.92 Å². The molecule has 0 saturated heterocycles. The molecule has 0 amide bonds. The molecule has 0 spiro atoms. The molecule has 1 atom stereocenters. The van der Waals surface area contributed by atoms with E-state index in [9.17, 15) is 9.90 Å². The highest BCUT2D eigenvalue weighted by Crippen LogP contribution is 2.21. The average Bonchev–Trinajstić information content (AvgIpc) is 2.34. The Bertz CT molecular complexity index is 295. The molecule has 0 fully saturated rings. The zero-order valence-electron chi connectivity index (χ0n) is 12.0. The third-order valence-corrected chi connectivity index (χ3v) is 2.84. The summed E-state index contributed by atoms with van der Waals surface area (Å²) in [5.74, 6) is -0.384. The van der Waals surface area contributed by atoms with Crippen molar-refractivity contribution in [1.82, 2.24) is 10.6 Å². The first kappa shape index (κ1) is 17.7. The fraction of sp³-hybridized carbons (Fsp3) is 0.833. The van der Waals surface area contributed by atoms with Crippen LogP contribution in [0.2, 0.25) is 0 Å². The van der Waals surface area contributed by atoms with Gasteiger partial charge in [-0.05, 0) is 20.3 Å². The van der Waals surface area contributed by atoms with Crippen LogP contribution in [-0.2, 0) is 9.53 Å². The monoisotopic (exact) mass is 274 g/mol. The van der Waals surface area contributed by atoms with E-state index in [1.165, 1.54) is 0 Å². The van der Waals surface area contributed by atoms with E-state index in [0.29, 0.717) is 26.1 Å². The van der Waals surface area contributed by atoms with Gasteiger partial charge in [0.25, 0.3) is 0 Å². The molecule has 0 radical (unpaired) electrons. The minimum Gasteiger partial charge on any atom is -0.462 e. The van der Waals surface area contributed by atoms with Crippen molar-refractivity contribution in [3.63, 3.8) is 0 Å². The Morgan fingerprint density at radius 3 is 2.63 bits per heavy atom. The zero-order valence-corrected chi connectivity index (χ0v) is 12.0. The predicted octanol–water partition coefficient (Wildman–Crippen LogP) is -0.601. The predicted molar refractivity (Wildman–Crippen MR) is 73.8 cm³/mol. The number of hydrogen-bond acceptors (Lipinski definition) is 5. The van der Waals surface area contributed by atoms with Crippen molar-refractivity contribution in [2.24, 2.45) is 11.1 Å². The molecule has 0 rings (SSSR count). The van der Waals surface area contributed by atoms with E-state index in [1.54, 1.807) is 0 Å². The molecule has 0 aliphatic heterocycles. The number of carbonyl (C=O) groups is 1. The summed E-state index contributed by atoms with van der Waals surface area (Å²) in [6, 6.07) is 0. The maximum atomic E-state index is 11.7. The van der Waals surface area contributed by atoms with Gasteiger partial charge in [0.1, 0.15) is 12.7 Å². The molecule has 7 heteroatoms. The van der Waals surface area contributed by atoms with E-state index >= 15 is 0 Å². The molecule has 112 valence electrons. The van der Waals surface area contributed by atoms with Gasteiger partial charge in [0.2, 0.25) is 0 Å². The molecule has 19 heavy (non-hydrogen) atoms. The van der Waals surface area contributed by atoms with Gasteiger partial charge < -0.3 is 26.2 Å². The topological polar surface area (TPSA) is 120 Å². The second-order valence-electron chi connectivity index (χ2n) is 5.03. The summed E-state index contributed by atoms with van der Waals surface area (Å²) < 4.78 is 5.06. The van der Waals surface area contributed by atoms with Gasteiger partial charge in [0.15, 0.2) is 5.96 Å². The van der Waals surface area contributed by atoms with Crippen molar-refractivity contribution in [3.8, 4) is 0 Å². The van der Waals surface area contributed by atoms with Crippen LogP contribution >= 0.6 is 0 Å². The summed E-state index contributed by atoms with van der Waals surface area (Å²) >= 11 is 0. The zero-order chi connectivity index (χ0) is 14.9. The molecular weight excluding hydrogens is 248 g/mol. The average molecular weight is 274 g/mol. The Balaban J connectivity index is 3.67. The highest BCUT2D eigenvalue weighted by molar-refractivity contribution is 5.75. The molecule has 1 unspecified atom stereocenters. The van der Waals surface area contributed by atoms with E-state index in [1.807, 2.05) is 20.8 Å². The number of aliphatic hydroxyl groups excluding tert-OH is 1. The molecule has 0 aromatic rings. The van der Waals surface area contributed by atoms with Gasteiger partial charge in [0.05, 0.1) is 5.41 Å². The van der Waals surface area contributed by atoms with E-state index in [0.717, 1.165) is 0 Å². The van der Waals surface area contributed by atoms with Gasteiger partial charge in [0, 0.05) is 19.6 Å². The molecule has 6 N–H and O–H groups in total. The molecule has 0 aromatic heterocycles. The number of esters is 1. The third kappa shape index (κ3) is 8.39. The summed E-state index contributed by atoms with van der Waals surface area (Å²) in [5, 5.41) is 22.1. The smallest absolute Gasteiger partial charge is 0.311 e. The Morgan fingerprint density at radius 2 is 2.11 bits per heavy atom. The standard InChI is InChI=1S/C12H26N4O3/c1-4-12(2,3)10(18)19-8-9(17)7-15-5-6-16-11(13)14/h9,15,17H,4-8H2,1-3H3,(H4,13,14,16). The molecule has 7 nitrogen and oxygen atoms in total. The Hall–Kier alpha value is -1.34. The summed E-state index contributed by atoms with van der Waals surface area (Å²) in [7, 11) is 0. The number of hydrogen-bond donors (Lipinski definition) is 5. The van der Waals surface area contributed by atoms with E-state index in [4.69, 9.17) is 15.9 Å². The minimum absolute atomic E-state index is 0.0185. The first-order valence-corrected chi connectivity index (χ1v) is 6.43. The largest absolute Gasteiger partial charge is 0.462 e. The molecule has 0 saturated carbocycles. The highest BCUT2D eigenvalue weighted by Gasteiger charge is 2.27. The number of nitrogens with one attached hydrogen (secondary N) is 3. The molecule has 0 aliphatic rings. The molecule has 0 aromatic carbocycles. The lowest BCUT2D eigenvalue weighted by molar-refractivity contribution is -0.157. The van der Waals surface area contributed by atoms with Crippen LogP contribution in [0.3, 0.4) is 0 Å². The molecule has 0 bridgehead atoms. The van der Waals surface area contributed by atoms with Crippen molar-refractivity contribution in [2.45, 2.75) is 33.3 Å². The van der Waals surface area contributed by atoms with Crippen LogP contribution in [0.25, 0.3) is 0 Å². The Morgan fingerprint density at radius 1 is 1.47 bits per heavy atom. The lowest BCUT2D eigenvalue weighted by Crippen LogP contribution is -2.39. The lowest BCUT2D eigenvalue weighted by Gasteiger charge is -2.21. The molecule has 0 aliphatic carbocycles. The van der Waals surface area contributed by atoms with E-state index < -0.39 is 11.5 Å². The van der Waals surface area contributed by atoms with E-state index in [2.05, 4.69) is 10.6 Å². The number of nitrogens with two attached hydrogens (primary N) is 1. The van der Waals surface area contributed by atoms with Gasteiger partial charge in [-0.25, -0.2) is 0 Å². The van der Waals surface area contributed by atoms with E-state index in [-0.39, 0.29) is 18.5 Å². The Kier molecular flexibility index (Phi) is 8.09. The quantitative estimate of drug-likeness (QED) is 0.166. The second-order valence-corrected chi connectivity index (χ2v) is 5.03. The number of carbonyl (C=O) groups excluding carboxylic acids is 1. The van der Waals surface area contributed by atoms with Gasteiger partial charge in [-0.3, -0.25) is 10.2 Å². The SMILES string of the molecule is CCC(C)(C)C(=O)OCC(O)CNCCNC(=N)N. The van der Waals surface area contributed by atoms with Crippen molar-refractivity contribution in [3.05, 3.63) is 0 Å². The summed E-state index contributed by atoms with van der Waals surface area (Å²) in [5.41, 5.74) is 4.59. The second kappa shape index (κ2) is 8.71. The van der Waals surface area contributed by atoms with Crippen LogP contribution in [0, 0.1) is 10.8 Å². The molecule has 0 heterocycles. The number of ether oxygens (including phenoxy) is 1. The van der Waals surface area contributed by atoms with Crippen molar-refractivity contribution in [2.75, 3.05) is 26.2 Å². The van der Waals surface area contributed by atoms with Gasteiger partial charge in [-0.2, -0.15) is 0 Å². The van der Waals surface area contributed by atoms with Crippen molar-refractivity contribution in [1.29, 1.82) is 5.41 Å². The van der Waals surface area contributed by atoms with Crippen LogP contribution in [0.5, 0.6) is 0 Å². The molecular formula is C12H26N4O3. The van der Waals surface area contributed by atoms with Gasteiger partial charge in [-0.15, -0.1) is 0 Å². The maximum Gasteiger partial charge on any atom is 0.311 e. The number of aliphatic hydroxyl groups is 1. The summed E-state index contributed by atoms with van der Waals surface area (Å²) in [6.07, 6.45) is -0.0504. The fourth-order valence-corrected chi connectivity index (χ4v) is 1.12. The fourth-order valence-electron chi connectivity index (χ4n) is 1.12. The van der Waals surface area contributed by atoms with Crippen LogP contribution < -0.4 is 16.4 Å².